The predicted octanol–water partition coefficient (Wildman–Crippen LogP) is 4.37. The normalized spacial score (nSPS) is 11.5. The van der Waals surface area contributed by atoms with Crippen LogP contribution in [0.2, 0.25) is 0 Å². The first kappa shape index (κ1) is 24.0. The summed E-state index contributed by atoms with van der Waals surface area (Å²) in [6, 6.07) is 24.0. The van der Waals surface area contributed by atoms with Gasteiger partial charge in [-0.2, -0.15) is 0 Å². The number of hydrogen-bond acceptors (Lipinski definition) is 3. The fourth-order valence-electron chi connectivity index (χ4n) is 3.46. The Balaban J connectivity index is 1.85. The molecule has 0 fully saturated rings. The largest absolute Gasteiger partial charge is 0.484 e. The quantitative estimate of drug-likeness (QED) is 0.474. The van der Waals surface area contributed by atoms with Gasteiger partial charge in [-0.05, 0) is 41.8 Å². The SMILES string of the molecule is CCCNC(=O)[C@@H](Cc1ccccc1)N(Cc1ccccc1)C(=O)COc1ccc(F)cc1. The molecule has 33 heavy (non-hydrogen) atoms. The number of amides is 2. The van der Waals surface area contributed by atoms with Crippen LogP contribution in [-0.2, 0) is 22.6 Å². The Morgan fingerprint density at radius 1 is 0.909 bits per heavy atom. The van der Waals surface area contributed by atoms with Crippen molar-refractivity contribution >= 4 is 11.8 Å². The van der Waals surface area contributed by atoms with E-state index in [0.717, 1.165) is 17.5 Å². The van der Waals surface area contributed by atoms with Crippen LogP contribution in [0.3, 0.4) is 0 Å². The number of carbonyl (C=O) groups excluding carboxylic acids is 2. The van der Waals surface area contributed by atoms with Crippen molar-refractivity contribution in [2.45, 2.75) is 32.4 Å². The molecule has 172 valence electrons. The number of halogens is 1. The minimum Gasteiger partial charge on any atom is -0.484 e. The molecule has 0 saturated heterocycles. The molecule has 1 N–H and O–H groups in total. The number of benzene rings is 3. The van der Waals surface area contributed by atoms with E-state index in [4.69, 9.17) is 4.74 Å². The summed E-state index contributed by atoms with van der Waals surface area (Å²) in [5, 5.41) is 2.94. The summed E-state index contributed by atoms with van der Waals surface area (Å²) in [6.45, 7) is 2.52. The predicted molar refractivity (Wildman–Crippen MR) is 126 cm³/mol. The van der Waals surface area contributed by atoms with E-state index in [1.807, 2.05) is 67.6 Å². The van der Waals surface area contributed by atoms with E-state index in [9.17, 15) is 14.0 Å². The summed E-state index contributed by atoms with van der Waals surface area (Å²) in [7, 11) is 0. The summed E-state index contributed by atoms with van der Waals surface area (Å²) in [5.41, 5.74) is 1.87. The fourth-order valence-corrected chi connectivity index (χ4v) is 3.46. The van der Waals surface area contributed by atoms with E-state index >= 15 is 0 Å². The number of carbonyl (C=O) groups is 2. The first-order chi connectivity index (χ1) is 16.1. The van der Waals surface area contributed by atoms with Crippen molar-refractivity contribution in [3.8, 4) is 5.75 Å². The van der Waals surface area contributed by atoms with Gasteiger partial charge < -0.3 is 15.0 Å². The van der Waals surface area contributed by atoms with Crippen LogP contribution in [0.15, 0.2) is 84.9 Å². The summed E-state index contributed by atoms with van der Waals surface area (Å²) in [6.07, 6.45) is 1.18. The standard InChI is InChI=1S/C27H29FN2O3/c1-2-17-29-27(32)25(18-21-9-5-3-6-10-21)30(19-22-11-7-4-8-12-22)26(31)20-33-24-15-13-23(28)14-16-24/h3-16,25H,2,17-20H2,1H3,(H,29,32)/t25-/m1/s1. The molecule has 3 rings (SSSR count). The van der Waals surface area contributed by atoms with E-state index in [1.165, 1.54) is 24.3 Å². The van der Waals surface area contributed by atoms with Crippen molar-refractivity contribution in [3.05, 3.63) is 102 Å². The Morgan fingerprint density at radius 2 is 1.52 bits per heavy atom. The summed E-state index contributed by atoms with van der Waals surface area (Å²) in [5.74, 6) is -0.517. The molecule has 6 heteroatoms. The van der Waals surface area contributed by atoms with Crippen LogP contribution in [0, 0.1) is 5.82 Å². The van der Waals surface area contributed by atoms with Gasteiger partial charge in [-0.25, -0.2) is 4.39 Å². The molecule has 0 unspecified atom stereocenters. The van der Waals surface area contributed by atoms with Crippen LogP contribution in [0.1, 0.15) is 24.5 Å². The molecule has 0 radical (unpaired) electrons. The molecule has 0 aliphatic heterocycles. The van der Waals surface area contributed by atoms with Crippen molar-refractivity contribution in [1.29, 1.82) is 0 Å². The smallest absolute Gasteiger partial charge is 0.261 e. The number of hydrogen-bond donors (Lipinski definition) is 1. The zero-order valence-corrected chi connectivity index (χ0v) is 18.7. The lowest BCUT2D eigenvalue weighted by Gasteiger charge is -2.31. The van der Waals surface area contributed by atoms with Gasteiger partial charge in [-0.3, -0.25) is 9.59 Å². The van der Waals surface area contributed by atoms with Crippen LogP contribution in [-0.4, -0.2) is 35.9 Å². The minimum absolute atomic E-state index is 0.202. The van der Waals surface area contributed by atoms with Crippen molar-refractivity contribution < 1.29 is 18.7 Å². The van der Waals surface area contributed by atoms with Gasteiger partial charge in [0.2, 0.25) is 5.91 Å². The maximum Gasteiger partial charge on any atom is 0.261 e. The molecule has 2 amide bonds. The molecule has 0 spiro atoms. The second-order valence-electron chi connectivity index (χ2n) is 7.75. The third kappa shape index (κ3) is 7.45. The molecule has 1 atom stereocenters. The average molecular weight is 449 g/mol. The maximum absolute atomic E-state index is 13.3. The molecule has 0 aromatic heterocycles. The third-order valence-electron chi connectivity index (χ3n) is 5.19. The van der Waals surface area contributed by atoms with Crippen LogP contribution in [0.5, 0.6) is 5.75 Å². The van der Waals surface area contributed by atoms with E-state index in [-0.39, 0.29) is 30.8 Å². The lowest BCUT2D eigenvalue weighted by Crippen LogP contribution is -2.51. The van der Waals surface area contributed by atoms with Crippen molar-refractivity contribution in [2.75, 3.05) is 13.2 Å². The summed E-state index contributed by atoms with van der Waals surface area (Å²) >= 11 is 0. The first-order valence-electron chi connectivity index (χ1n) is 11.1. The number of rotatable bonds is 11. The molecule has 0 heterocycles. The van der Waals surface area contributed by atoms with Crippen molar-refractivity contribution in [3.63, 3.8) is 0 Å². The molecule has 0 saturated carbocycles. The Labute approximate surface area is 194 Å². The number of ether oxygens (including phenoxy) is 1. The molecule has 3 aromatic carbocycles. The van der Waals surface area contributed by atoms with Gasteiger partial charge in [0.1, 0.15) is 17.6 Å². The van der Waals surface area contributed by atoms with E-state index in [1.54, 1.807) is 4.90 Å². The maximum atomic E-state index is 13.3. The summed E-state index contributed by atoms with van der Waals surface area (Å²) in [4.78, 5) is 28.1. The van der Waals surface area contributed by atoms with Crippen LogP contribution >= 0.6 is 0 Å². The number of nitrogens with one attached hydrogen (secondary N) is 1. The van der Waals surface area contributed by atoms with Crippen LogP contribution in [0.4, 0.5) is 4.39 Å². The van der Waals surface area contributed by atoms with E-state index < -0.39 is 6.04 Å². The van der Waals surface area contributed by atoms with Gasteiger partial charge in [0.05, 0.1) is 0 Å². The lowest BCUT2D eigenvalue weighted by atomic mass is 10.0. The Kier molecular flexibility index (Phi) is 9.00. The molecular formula is C27H29FN2O3. The highest BCUT2D eigenvalue weighted by molar-refractivity contribution is 5.88. The van der Waals surface area contributed by atoms with Gasteiger partial charge in [0.15, 0.2) is 6.61 Å². The summed E-state index contributed by atoms with van der Waals surface area (Å²) < 4.78 is 18.8. The third-order valence-corrected chi connectivity index (χ3v) is 5.19. The number of nitrogens with zero attached hydrogens (tertiary/aromatic N) is 1. The first-order valence-corrected chi connectivity index (χ1v) is 11.1. The van der Waals surface area contributed by atoms with Crippen LogP contribution in [0.25, 0.3) is 0 Å². The second-order valence-corrected chi connectivity index (χ2v) is 7.75. The minimum atomic E-state index is -0.705. The molecule has 3 aromatic rings. The molecule has 0 bridgehead atoms. The van der Waals surface area contributed by atoms with Crippen LogP contribution < -0.4 is 10.1 Å². The molecule has 0 aliphatic carbocycles. The Hall–Kier alpha value is -3.67. The van der Waals surface area contributed by atoms with Gasteiger partial charge >= 0.3 is 0 Å². The Morgan fingerprint density at radius 3 is 2.12 bits per heavy atom. The van der Waals surface area contributed by atoms with Crippen molar-refractivity contribution in [1.82, 2.24) is 10.2 Å². The van der Waals surface area contributed by atoms with E-state index in [2.05, 4.69) is 5.32 Å². The monoisotopic (exact) mass is 448 g/mol. The van der Waals surface area contributed by atoms with Gasteiger partial charge in [0.25, 0.3) is 5.91 Å². The molecule has 5 nitrogen and oxygen atoms in total. The zero-order chi connectivity index (χ0) is 23.5. The van der Waals surface area contributed by atoms with Gasteiger partial charge in [0, 0.05) is 19.5 Å². The molecule has 0 aliphatic rings. The molecular weight excluding hydrogens is 419 g/mol. The zero-order valence-electron chi connectivity index (χ0n) is 18.7. The van der Waals surface area contributed by atoms with Crippen molar-refractivity contribution in [2.24, 2.45) is 0 Å². The lowest BCUT2D eigenvalue weighted by molar-refractivity contribution is -0.142. The van der Waals surface area contributed by atoms with Gasteiger partial charge in [-0.1, -0.05) is 67.6 Å². The topological polar surface area (TPSA) is 58.6 Å². The fraction of sp³-hybridized carbons (Fsp3) is 0.259. The highest BCUT2D eigenvalue weighted by Gasteiger charge is 2.30. The second kappa shape index (κ2) is 12.4. The highest BCUT2D eigenvalue weighted by Crippen LogP contribution is 2.16. The Bertz CT molecular complexity index is 1010. The van der Waals surface area contributed by atoms with Gasteiger partial charge in [-0.15, -0.1) is 0 Å². The highest BCUT2D eigenvalue weighted by atomic mass is 19.1. The van der Waals surface area contributed by atoms with E-state index in [0.29, 0.717) is 18.7 Å². The average Bonchev–Trinajstić information content (AvgIpc) is 2.85.